The Morgan fingerprint density at radius 2 is 1.95 bits per heavy atom. The zero-order valence-corrected chi connectivity index (χ0v) is 13.4. The molecular weight excluding hydrogens is 321 g/mol. The second kappa shape index (κ2) is 6.71. The number of carbonyl (C=O) groups excluding carboxylic acids is 1. The maximum Gasteiger partial charge on any atom is 0.228 e. The summed E-state index contributed by atoms with van der Waals surface area (Å²) in [5.41, 5.74) is 1.49. The van der Waals surface area contributed by atoms with Crippen LogP contribution >= 0.6 is 23.4 Å². The largest absolute Gasteiger partial charge is 0.325 e. The lowest BCUT2D eigenvalue weighted by molar-refractivity contribution is -0.130. The van der Waals surface area contributed by atoms with Crippen molar-refractivity contribution in [3.8, 4) is 0 Å². The SMILES string of the molecule is O=C(Cc1ccccc1F)N1CCSC1c1ccc(Cl)cc1. The van der Waals surface area contributed by atoms with Crippen LogP contribution in [-0.2, 0) is 11.2 Å². The first-order chi connectivity index (χ1) is 10.6. The molecule has 2 aromatic carbocycles. The molecule has 2 aromatic rings. The van der Waals surface area contributed by atoms with Gasteiger partial charge in [0.05, 0.1) is 6.42 Å². The van der Waals surface area contributed by atoms with E-state index in [1.54, 1.807) is 30.0 Å². The van der Waals surface area contributed by atoms with Gasteiger partial charge < -0.3 is 4.90 Å². The Balaban J connectivity index is 1.76. The van der Waals surface area contributed by atoms with Gasteiger partial charge in [-0.2, -0.15) is 0 Å². The summed E-state index contributed by atoms with van der Waals surface area (Å²) in [4.78, 5) is 14.4. The molecule has 1 heterocycles. The van der Waals surface area contributed by atoms with E-state index in [1.165, 1.54) is 6.07 Å². The molecular formula is C17H15ClFNOS. The summed E-state index contributed by atoms with van der Waals surface area (Å²) in [7, 11) is 0. The lowest BCUT2D eigenvalue weighted by Gasteiger charge is -2.24. The third-order valence-corrected chi connectivity index (χ3v) is 5.18. The Labute approximate surface area is 138 Å². The molecule has 0 spiro atoms. The lowest BCUT2D eigenvalue weighted by Crippen LogP contribution is -2.31. The number of thioether (sulfide) groups is 1. The van der Waals surface area contributed by atoms with Gasteiger partial charge >= 0.3 is 0 Å². The van der Waals surface area contributed by atoms with Crippen LogP contribution < -0.4 is 0 Å². The minimum Gasteiger partial charge on any atom is -0.325 e. The fourth-order valence-electron chi connectivity index (χ4n) is 2.54. The molecule has 1 atom stereocenters. The van der Waals surface area contributed by atoms with E-state index in [0.29, 0.717) is 17.1 Å². The van der Waals surface area contributed by atoms with Crippen molar-refractivity contribution in [2.75, 3.05) is 12.3 Å². The van der Waals surface area contributed by atoms with Crippen molar-refractivity contribution in [2.24, 2.45) is 0 Å². The number of amides is 1. The third kappa shape index (κ3) is 3.28. The lowest BCUT2D eigenvalue weighted by atomic mass is 10.1. The Bertz CT molecular complexity index is 677. The molecule has 2 nitrogen and oxygen atoms in total. The van der Waals surface area contributed by atoms with Crippen LogP contribution in [0.15, 0.2) is 48.5 Å². The van der Waals surface area contributed by atoms with E-state index in [4.69, 9.17) is 11.6 Å². The van der Waals surface area contributed by atoms with E-state index in [9.17, 15) is 9.18 Å². The number of hydrogen-bond acceptors (Lipinski definition) is 2. The molecule has 0 aliphatic carbocycles. The summed E-state index contributed by atoms with van der Waals surface area (Å²) in [6.07, 6.45) is 0.0946. The highest BCUT2D eigenvalue weighted by atomic mass is 35.5. The number of benzene rings is 2. The van der Waals surface area contributed by atoms with E-state index in [0.717, 1.165) is 11.3 Å². The van der Waals surface area contributed by atoms with Crippen LogP contribution in [-0.4, -0.2) is 23.1 Å². The molecule has 0 bridgehead atoms. The van der Waals surface area contributed by atoms with E-state index in [1.807, 2.05) is 29.2 Å². The summed E-state index contributed by atoms with van der Waals surface area (Å²) < 4.78 is 13.7. The highest BCUT2D eigenvalue weighted by Crippen LogP contribution is 2.38. The summed E-state index contributed by atoms with van der Waals surface area (Å²) in [5, 5.41) is 0.660. The first kappa shape index (κ1) is 15.4. The van der Waals surface area contributed by atoms with Crippen LogP contribution in [0.2, 0.25) is 5.02 Å². The average Bonchev–Trinajstić information content (AvgIpc) is 3.00. The number of halogens is 2. The molecule has 0 radical (unpaired) electrons. The van der Waals surface area contributed by atoms with Crippen LogP contribution in [0.3, 0.4) is 0 Å². The normalized spacial score (nSPS) is 17.7. The molecule has 1 aliphatic heterocycles. The van der Waals surface area contributed by atoms with Gasteiger partial charge in [-0.1, -0.05) is 41.9 Å². The fourth-order valence-corrected chi connectivity index (χ4v) is 3.94. The van der Waals surface area contributed by atoms with Gasteiger partial charge in [-0.25, -0.2) is 4.39 Å². The molecule has 1 unspecified atom stereocenters. The standard InChI is InChI=1S/C17H15ClFNOS/c18-14-7-5-12(6-8-14)17-20(9-10-22-17)16(21)11-13-3-1-2-4-15(13)19/h1-8,17H,9-11H2. The molecule has 114 valence electrons. The molecule has 1 aliphatic rings. The van der Waals surface area contributed by atoms with Crippen LogP contribution in [0.4, 0.5) is 4.39 Å². The van der Waals surface area contributed by atoms with Gasteiger partial charge in [0.1, 0.15) is 11.2 Å². The summed E-state index contributed by atoms with van der Waals surface area (Å²) in [5.74, 6) is 0.511. The predicted octanol–water partition coefficient (Wildman–Crippen LogP) is 4.30. The molecule has 0 saturated carbocycles. The van der Waals surface area contributed by atoms with Crippen molar-refractivity contribution < 1.29 is 9.18 Å². The third-order valence-electron chi connectivity index (χ3n) is 3.67. The van der Waals surface area contributed by atoms with Crippen LogP contribution in [0, 0.1) is 5.82 Å². The van der Waals surface area contributed by atoms with E-state index in [-0.39, 0.29) is 23.5 Å². The van der Waals surface area contributed by atoms with Gasteiger partial charge in [-0.3, -0.25) is 4.79 Å². The van der Waals surface area contributed by atoms with E-state index < -0.39 is 0 Å². The van der Waals surface area contributed by atoms with Gasteiger partial charge in [0, 0.05) is 17.3 Å². The Hall–Kier alpha value is -1.52. The molecule has 0 aromatic heterocycles. The number of rotatable bonds is 3. The Morgan fingerprint density at radius 3 is 2.68 bits per heavy atom. The fraction of sp³-hybridized carbons (Fsp3) is 0.235. The second-order valence-corrected chi connectivity index (χ2v) is 6.75. The van der Waals surface area contributed by atoms with Crippen LogP contribution in [0.25, 0.3) is 0 Å². The number of hydrogen-bond donors (Lipinski definition) is 0. The average molecular weight is 336 g/mol. The maximum atomic E-state index is 13.7. The van der Waals surface area contributed by atoms with E-state index >= 15 is 0 Å². The smallest absolute Gasteiger partial charge is 0.228 e. The monoisotopic (exact) mass is 335 g/mol. The zero-order chi connectivity index (χ0) is 15.5. The maximum absolute atomic E-state index is 13.7. The van der Waals surface area contributed by atoms with Crippen molar-refractivity contribution in [3.63, 3.8) is 0 Å². The summed E-state index contributed by atoms with van der Waals surface area (Å²) in [6, 6.07) is 14.0. The van der Waals surface area contributed by atoms with Crippen LogP contribution in [0.1, 0.15) is 16.5 Å². The Kier molecular flexibility index (Phi) is 4.69. The topological polar surface area (TPSA) is 20.3 Å². The van der Waals surface area contributed by atoms with Gasteiger partial charge in [0.25, 0.3) is 0 Å². The first-order valence-electron chi connectivity index (χ1n) is 7.05. The minimum absolute atomic E-state index is 0.0171. The predicted molar refractivity (Wildman–Crippen MR) is 88.5 cm³/mol. The van der Waals surface area contributed by atoms with Gasteiger partial charge in [0.15, 0.2) is 0 Å². The molecule has 1 saturated heterocycles. The quantitative estimate of drug-likeness (QED) is 0.833. The van der Waals surface area contributed by atoms with Gasteiger partial charge in [0.2, 0.25) is 5.91 Å². The van der Waals surface area contributed by atoms with Crippen molar-refractivity contribution in [2.45, 2.75) is 11.8 Å². The second-order valence-electron chi connectivity index (χ2n) is 5.13. The highest BCUT2D eigenvalue weighted by Gasteiger charge is 2.30. The molecule has 1 fully saturated rings. The summed E-state index contributed by atoms with van der Waals surface area (Å²) in [6.45, 7) is 0.686. The van der Waals surface area contributed by atoms with Gasteiger partial charge in [-0.05, 0) is 29.3 Å². The molecule has 5 heteroatoms. The highest BCUT2D eigenvalue weighted by molar-refractivity contribution is 7.99. The van der Waals surface area contributed by atoms with E-state index in [2.05, 4.69) is 0 Å². The molecule has 1 amide bonds. The van der Waals surface area contributed by atoms with Crippen LogP contribution in [0.5, 0.6) is 0 Å². The zero-order valence-electron chi connectivity index (χ0n) is 11.8. The molecule has 0 N–H and O–H groups in total. The molecule has 3 rings (SSSR count). The van der Waals surface area contributed by atoms with Crippen molar-refractivity contribution in [1.29, 1.82) is 0 Å². The number of carbonyl (C=O) groups is 1. The Morgan fingerprint density at radius 1 is 1.23 bits per heavy atom. The van der Waals surface area contributed by atoms with Gasteiger partial charge in [-0.15, -0.1) is 11.8 Å². The van der Waals surface area contributed by atoms with Crippen molar-refractivity contribution in [1.82, 2.24) is 4.90 Å². The summed E-state index contributed by atoms with van der Waals surface area (Å²) >= 11 is 7.63. The van der Waals surface area contributed by atoms with Crippen molar-refractivity contribution in [3.05, 3.63) is 70.5 Å². The number of nitrogens with zero attached hydrogens (tertiary/aromatic N) is 1. The minimum atomic E-state index is -0.328. The first-order valence-corrected chi connectivity index (χ1v) is 8.48. The molecule has 22 heavy (non-hydrogen) atoms. The van der Waals surface area contributed by atoms with Crippen molar-refractivity contribution >= 4 is 29.3 Å².